The molecule has 1 aromatic carbocycles. The van der Waals surface area contributed by atoms with Crippen LogP contribution in [-0.2, 0) is 6.18 Å². The van der Waals surface area contributed by atoms with Gasteiger partial charge in [0.1, 0.15) is 0 Å². The van der Waals surface area contributed by atoms with E-state index in [1.165, 1.54) is 18.6 Å². The molecule has 3 N–H and O–H groups in total. The number of alkyl halides is 4. The second-order valence-corrected chi connectivity index (χ2v) is 9.90. The summed E-state index contributed by atoms with van der Waals surface area (Å²) in [5.74, 6) is 0.00802. The topological polar surface area (TPSA) is 76.5 Å². The van der Waals surface area contributed by atoms with Crippen molar-refractivity contribution in [3.63, 3.8) is 0 Å². The third-order valence-corrected chi connectivity index (χ3v) is 7.51. The van der Waals surface area contributed by atoms with Gasteiger partial charge in [-0.1, -0.05) is 6.92 Å². The second-order valence-electron chi connectivity index (χ2n) is 9.60. The molecule has 0 aliphatic carbocycles. The molecule has 12 heteroatoms. The zero-order valence-electron chi connectivity index (χ0n) is 20.2. The summed E-state index contributed by atoms with van der Waals surface area (Å²) in [6.07, 6.45) is -1.65. The molecule has 2 aromatic rings. The molecule has 198 valence electrons. The van der Waals surface area contributed by atoms with Crippen molar-refractivity contribution in [1.82, 2.24) is 14.9 Å². The maximum atomic E-state index is 14.7. The Morgan fingerprint density at radius 1 is 1.28 bits per heavy atom. The van der Waals surface area contributed by atoms with Crippen LogP contribution in [0, 0.1) is 11.7 Å². The van der Waals surface area contributed by atoms with Crippen molar-refractivity contribution in [3.8, 4) is 0 Å². The summed E-state index contributed by atoms with van der Waals surface area (Å²) in [6.45, 7) is 4.16. The minimum Gasteiger partial charge on any atom is -0.390 e. The molecule has 2 aliphatic heterocycles. The highest BCUT2D eigenvalue weighted by Crippen LogP contribution is 2.38. The summed E-state index contributed by atoms with van der Waals surface area (Å²) < 4.78 is 55.7. The van der Waals surface area contributed by atoms with Gasteiger partial charge in [0.15, 0.2) is 11.6 Å². The van der Waals surface area contributed by atoms with Crippen LogP contribution in [0.5, 0.6) is 0 Å². The number of aliphatic hydroxyl groups is 1. The van der Waals surface area contributed by atoms with Crippen LogP contribution in [0.1, 0.15) is 31.7 Å². The molecule has 4 unspecified atom stereocenters. The Balaban J connectivity index is 1.52. The number of piperidine rings is 1. The van der Waals surface area contributed by atoms with Gasteiger partial charge >= 0.3 is 6.18 Å². The molecule has 3 heterocycles. The molecule has 0 amide bonds. The average Bonchev–Trinajstić information content (AvgIpc) is 3.23. The largest absolute Gasteiger partial charge is 0.418 e. The summed E-state index contributed by atoms with van der Waals surface area (Å²) in [6, 6.07) is 4.17. The molecular weight excluding hydrogens is 500 g/mol. The van der Waals surface area contributed by atoms with Crippen molar-refractivity contribution in [2.24, 2.45) is 5.92 Å². The van der Waals surface area contributed by atoms with Crippen LogP contribution in [0.4, 0.5) is 40.7 Å². The van der Waals surface area contributed by atoms with E-state index in [-0.39, 0.29) is 41.6 Å². The molecule has 4 rings (SSSR count). The Bertz CT molecular complexity index is 1060. The lowest BCUT2D eigenvalue weighted by Gasteiger charge is -2.40. The van der Waals surface area contributed by atoms with E-state index in [0.717, 1.165) is 38.2 Å². The number of aromatic nitrogens is 2. The predicted octanol–water partition coefficient (Wildman–Crippen LogP) is 4.70. The average molecular weight is 531 g/mol. The van der Waals surface area contributed by atoms with Crippen molar-refractivity contribution in [2.45, 2.75) is 50.6 Å². The minimum atomic E-state index is -4.65. The number of halogens is 5. The fourth-order valence-corrected chi connectivity index (χ4v) is 5.18. The first-order chi connectivity index (χ1) is 17.1. The number of nitrogens with zero attached hydrogens (tertiary/aromatic N) is 4. The highest BCUT2D eigenvalue weighted by atomic mass is 35.5. The first kappa shape index (κ1) is 26.7. The standard InChI is InChI=1S/C24H31ClF4N6O/c1-14-5-7-35-8-6-16(10-21(14)35)34(2)22-19(26)13-31-23(33-22)32-15-3-4-20(30-12-17(36)11-25)18(9-15)24(27,28)29/h3-4,9,13-14,16-17,21,30,36H,5-8,10-12H2,1-2H3,(H,31,32,33). The van der Waals surface area contributed by atoms with Crippen molar-refractivity contribution < 1.29 is 22.7 Å². The van der Waals surface area contributed by atoms with Crippen molar-refractivity contribution >= 4 is 34.7 Å². The quantitative estimate of drug-likeness (QED) is 0.337. The van der Waals surface area contributed by atoms with Gasteiger partial charge in [-0.15, -0.1) is 11.6 Å². The van der Waals surface area contributed by atoms with E-state index in [0.29, 0.717) is 12.0 Å². The third-order valence-electron chi connectivity index (χ3n) is 7.16. The number of hydrogen-bond donors (Lipinski definition) is 3. The predicted molar refractivity (Wildman–Crippen MR) is 133 cm³/mol. The van der Waals surface area contributed by atoms with E-state index in [2.05, 4.69) is 32.4 Å². The van der Waals surface area contributed by atoms with Gasteiger partial charge in [-0.05, 0) is 49.9 Å². The lowest BCUT2D eigenvalue weighted by Crippen LogP contribution is -2.48. The van der Waals surface area contributed by atoms with Gasteiger partial charge < -0.3 is 20.6 Å². The van der Waals surface area contributed by atoms with Gasteiger partial charge in [-0.3, -0.25) is 4.90 Å². The van der Waals surface area contributed by atoms with E-state index >= 15 is 0 Å². The van der Waals surface area contributed by atoms with Gasteiger partial charge in [0.05, 0.1) is 23.7 Å². The van der Waals surface area contributed by atoms with Crippen molar-refractivity contribution in [2.75, 3.05) is 48.1 Å². The molecule has 0 spiro atoms. The summed E-state index contributed by atoms with van der Waals surface area (Å²) in [7, 11) is 1.80. The van der Waals surface area contributed by atoms with Crippen LogP contribution in [0.15, 0.2) is 24.4 Å². The molecule has 2 fully saturated rings. The molecule has 0 bridgehead atoms. The number of aliphatic hydroxyl groups excluding tert-OH is 1. The summed E-state index contributed by atoms with van der Waals surface area (Å²) in [4.78, 5) is 12.5. The molecule has 0 saturated carbocycles. The van der Waals surface area contributed by atoms with Crippen LogP contribution in [-0.4, -0.2) is 70.7 Å². The molecule has 0 radical (unpaired) electrons. The zero-order valence-corrected chi connectivity index (χ0v) is 21.0. The van der Waals surface area contributed by atoms with Crippen LogP contribution in [0.2, 0.25) is 0 Å². The highest BCUT2D eigenvalue weighted by molar-refractivity contribution is 6.18. The third kappa shape index (κ3) is 5.95. The molecule has 7 nitrogen and oxygen atoms in total. The molecular formula is C24H31ClF4N6O. The fourth-order valence-electron chi connectivity index (χ4n) is 5.07. The van der Waals surface area contributed by atoms with Crippen molar-refractivity contribution in [3.05, 3.63) is 35.8 Å². The van der Waals surface area contributed by atoms with Gasteiger partial charge in [0.2, 0.25) is 5.95 Å². The molecule has 1 aromatic heterocycles. The lowest BCUT2D eigenvalue weighted by molar-refractivity contribution is -0.136. The monoisotopic (exact) mass is 530 g/mol. The smallest absolute Gasteiger partial charge is 0.390 e. The zero-order chi connectivity index (χ0) is 26.0. The number of rotatable bonds is 8. The lowest BCUT2D eigenvalue weighted by atomic mass is 9.91. The number of benzene rings is 1. The van der Waals surface area contributed by atoms with Crippen LogP contribution in [0.3, 0.4) is 0 Å². The van der Waals surface area contributed by atoms with E-state index < -0.39 is 23.7 Å². The van der Waals surface area contributed by atoms with E-state index in [9.17, 15) is 22.7 Å². The van der Waals surface area contributed by atoms with Gasteiger partial charge in [0, 0.05) is 43.6 Å². The Hall–Kier alpha value is -2.37. The fraction of sp³-hybridized carbons (Fsp3) is 0.583. The molecule has 2 aliphatic rings. The summed E-state index contributed by atoms with van der Waals surface area (Å²) in [5.41, 5.74) is -1.02. The second kappa shape index (κ2) is 10.9. The Morgan fingerprint density at radius 2 is 2.03 bits per heavy atom. The summed E-state index contributed by atoms with van der Waals surface area (Å²) in [5, 5.41) is 14.9. The van der Waals surface area contributed by atoms with Gasteiger partial charge in [-0.25, -0.2) is 9.37 Å². The van der Waals surface area contributed by atoms with E-state index in [4.69, 9.17) is 11.6 Å². The van der Waals surface area contributed by atoms with E-state index in [1.807, 2.05) is 4.90 Å². The highest BCUT2D eigenvalue weighted by Gasteiger charge is 2.38. The number of fused-ring (bicyclic) bond motifs is 1. The number of anilines is 4. The Morgan fingerprint density at radius 3 is 2.75 bits per heavy atom. The van der Waals surface area contributed by atoms with Gasteiger partial charge in [0.25, 0.3) is 0 Å². The molecule has 2 saturated heterocycles. The normalized spacial score (nSPS) is 23.3. The Kier molecular flexibility index (Phi) is 8.11. The number of nitrogens with one attached hydrogen (secondary N) is 2. The van der Waals surface area contributed by atoms with Crippen LogP contribution in [0.25, 0.3) is 0 Å². The van der Waals surface area contributed by atoms with Gasteiger partial charge in [-0.2, -0.15) is 18.2 Å². The first-order valence-corrected chi connectivity index (χ1v) is 12.6. The number of hydrogen-bond acceptors (Lipinski definition) is 7. The Labute approximate surface area is 212 Å². The first-order valence-electron chi connectivity index (χ1n) is 12.0. The molecule has 4 atom stereocenters. The van der Waals surface area contributed by atoms with Crippen LogP contribution < -0.4 is 15.5 Å². The minimum absolute atomic E-state index is 0.00341. The van der Waals surface area contributed by atoms with E-state index in [1.54, 1.807) is 7.05 Å². The maximum absolute atomic E-state index is 14.7. The SMILES string of the molecule is CC1CCN2CCC(N(C)c3nc(Nc4ccc(NCC(O)CCl)c(C(F)(F)F)c4)ncc3F)CC12. The van der Waals surface area contributed by atoms with Crippen molar-refractivity contribution in [1.29, 1.82) is 0 Å². The maximum Gasteiger partial charge on any atom is 0.418 e. The van der Waals surface area contributed by atoms with Crippen LogP contribution >= 0.6 is 11.6 Å². The molecule has 36 heavy (non-hydrogen) atoms. The summed E-state index contributed by atoms with van der Waals surface area (Å²) >= 11 is 5.52.